The lowest BCUT2D eigenvalue weighted by Crippen LogP contribution is -2.60. The maximum absolute atomic E-state index is 13.8. The molecule has 1 aromatic rings. The fourth-order valence-corrected chi connectivity index (χ4v) is 5.26. The number of benzene rings is 1. The highest BCUT2D eigenvalue weighted by atomic mass is 16.5. The Kier molecular flexibility index (Phi) is 5.57. The van der Waals surface area contributed by atoms with Crippen LogP contribution in [0.25, 0.3) is 0 Å². The Bertz CT molecular complexity index is 901. The average Bonchev–Trinajstić information content (AvgIpc) is 3.41. The van der Waals surface area contributed by atoms with E-state index in [9.17, 15) is 14.4 Å². The van der Waals surface area contributed by atoms with Crippen molar-refractivity contribution in [3.63, 3.8) is 0 Å². The molecule has 1 atom stereocenters. The molecule has 32 heavy (non-hydrogen) atoms. The maximum atomic E-state index is 13.8. The number of methoxy groups -OCH3 is 1. The Morgan fingerprint density at radius 1 is 1.00 bits per heavy atom. The fourth-order valence-electron chi connectivity index (χ4n) is 5.26. The molecule has 1 spiro atoms. The highest BCUT2D eigenvalue weighted by Crippen LogP contribution is 2.41. The lowest BCUT2D eigenvalue weighted by atomic mass is 9.96. The summed E-state index contributed by atoms with van der Waals surface area (Å²) in [5.41, 5.74) is -0.384. The smallest absolute Gasteiger partial charge is 0.257 e. The van der Waals surface area contributed by atoms with Crippen molar-refractivity contribution in [2.45, 2.75) is 50.3 Å². The number of rotatable bonds is 4. The maximum Gasteiger partial charge on any atom is 0.257 e. The van der Waals surface area contributed by atoms with E-state index in [2.05, 4.69) is 0 Å². The van der Waals surface area contributed by atoms with E-state index in [0.29, 0.717) is 37.2 Å². The molecule has 8 nitrogen and oxygen atoms in total. The summed E-state index contributed by atoms with van der Waals surface area (Å²) in [7, 11) is 1.57. The lowest BCUT2D eigenvalue weighted by Gasteiger charge is -2.45. The molecule has 1 saturated carbocycles. The first kappa shape index (κ1) is 21.2. The van der Waals surface area contributed by atoms with E-state index in [1.54, 1.807) is 36.3 Å². The standard InChI is InChI=1S/C24H31N3O5/c1-31-19-6-4-5-18(15-19)22(29)27-20(23(30)25-11-2-3-12-25)16-32-24(27)9-13-26(14-10-24)21(28)17-7-8-17/h4-6,15,17,20H,2-3,7-14,16H2,1H3/t20-/m0/s1. The number of ether oxygens (including phenoxy) is 2. The van der Waals surface area contributed by atoms with Crippen LogP contribution in [0.1, 0.15) is 48.9 Å². The topological polar surface area (TPSA) is 79.4 Å². The van der Waals surface area contributed by atoms with Crippen LogP contribution in [0, 0.1) is 5.92 Å². The Balaban J connectivity index is 1.42. The van der Waals surface area contributed by atoms with Gasteiger partial charge in [-0.15, -0.1) is 0 Å². The zero-order valence-corrected chi connectivity index (χ0v) is 18.6. The SMILES string of the molecule is COc1cccc(C(=O)N2[C@H](C(=O)N3CCCC3)COC23CCN(C(=O)C2CC2)CC3)c1. The minimum Gasteiger partial charge on any atom is -0.497 e. The summed E-state index contributed by atoms with van der Waals surface area (Å²) in [6, 6.07) is 6.39. The largest absolute Gasteiger partial charge is 0.497 e. The molecule has 0 aromatic heterocycles. The molecule has 3 amide bonds. The van der Waals surface area contributed by atoms with Gasteiger partial charge in [-0.2, -0.15) is 0 Å². The minimum atomic E-state index is -0.861. The summed E-state index contributed by atoms with van der Waals surface area (Å²) in [5, 5.41) is 0. The molecule has 4 fully saturated rings. The van der Waals surface area contributed by atoms with Crippen LogP contribution in [-0.4, -0.2) is 84.1 Å². The predicted molar refractivity (Wildman–Crippen MR) is 116 cm³/mol. The van der Waals surface area contributed by atoms with Gasteiger partial charge >= 0.3 is 0 Å². The Labute approximate surface area is 188 Å². The number of likely N-dealkylation sites (tertiary alicyclic amines) is 2. The molecule has 0 unspecified atom stereocenters. The zero-order chi connectivity index (χ0) is 22.3. The summed E-state index contributed by atoms with van der Waals surface area (Å²) in [6.07, 6.45) is 4.97. The number of nitrogens with zero attached hydrogens (tertiary/aromatic N) is 3. The monoisotopic (exact) mass is 441 g/mol. The lowest BCUT2D eigenvalue weighted by molar-refractivity contribution is -0.146. The molecule has 1 aliphatic carbocycles. The van der Waals surface area contributed by atoms with E-state index in [1.807, 2.05) is 9.80 Å². The van der Waals surface area contributed by atoms with E-state index in [0.717, 1.165) is 38.8 Å². The normalized spacial score (nSPS) is 24.8. The Morgan fingerprint density at radius 2 is 1.69 bits per heavy atom. The highest BCUT2D eigenvalue weighted by molar-refractivity contribution is 5.99. The number of hydrogen-bond donors (Lipinski definition) is 0. The predicted octanol–water partition coefficient (Wildman–Crippen LogP) is 1.89. The molecule has 1 aromatic carbocycles. The molecule has 0 radical (unpaired) electrons. The fraction of sp³-hybridized carbons (Fsp3) is 0.625. The van der Waals surface area contributed by atoms with Gasteiger partial charge in [-0.3, -0.25) is 19.3 Å². The quantitative estimate of drug-likeness (QED) is 0.713. The van der Waals surface area contributed by atoms with Gasteiger partial charge in [0.1, 0.15) is 17.5 Å². The molecular formula is C24H31N3O5. The van der Waals surface area contributed by atoms with Gasteiger partial charge in [-0.05, 0) is 43.9 Å². The van der Waals surface area contributed by atoms with Gasteiger partial charge in [0, 0.05) is 50.5 Å². The summed E-state index contributed by atoms with van der Waals surface area (Å²) >= 11 is 0. The van der Waals surface area contributed by atoms with Gasteiger partial charge in [0.25, 0.3) is 5.91 Å². The third-order valence-electron chi connectivity index (χ3n) is 7.28. The second-order valence-corrected chi connectivity index (χ2v) is 9.31. The van der Waals surface area contributed by atoms with Crippen LogP contribution in [0.2, 0.25) is 0 Å². The minimum absolute atomic E-state index is 0.0351. The number of amides is 3. The number of carbonyl (C=O) groups is 3. The Morgan fingerprint density at radius 3 is 2.34 bits per heavy atom. The summed E-state index contributed by atoms with van der Waals surface area (Å²) in [6.45, 7) is 2.74. The van der Waals surface area contributed by atoms with Crippen molar-refractivity contribution in [3.8, 4) is 5.75 Å². The first-order valence-corrected chi connectivity index (χ1v) is 11.7. The van der Waals surface area contributed by atoms with Crippen molar-refractivity contribution < 1.29 is 23.9 Å². The van der Waals surface area contributed by atoms with Crippen LogP contribution >= 0.6 is 0 Å². The first-order chi connectivity index (χ1) is 15.5. The molecule has 3 aliphatic heterocycles. The first-order valence-electron chi connectivity index (χ1n) is 11.7. The van der Waals surface area contributed by atoms with Crippen LogP contribution in [-0.2, 0) is 14.3 Å². The van der Waals surface area contributed by atoms with E-state index in [4.69, 9.17) is 9.47 Å². The molecule has 5 rings (SSSR count). The molecule has 172 valence electrons. The summed E-state index contributed by atoms with van der Waals surface area (Å²) < 4.78 is 11.6. The van der Waals surface area contributed by atoms with Crippen molar-refractivity contribution in [3.05, 3.63) is 29.8 Å². The van der Waals surface area contributed by atoms with Crippen molar-refractivity contribution in [1.82, 2.24) is 14.7 Å². The summed E-state index contributed by atoms with van der Waals surface area (Å²) in [4.78, 5) is 45.1. The van der Waals surface area contributed by atoms with Crippen molar-refractivity contribution in [1.29, 1.82) is 0 Å². The van der Waals surface area contributed by atoms with E-state index in [-0.39, 0.29) is 30.2 Å². The zero-order valence-electron chi connectivity index (χ0n) is 18.6. The van der Waals surface area contributed by atoms with Crippen LogP contribution in [0.4, 0.5) is 0 Å². The summed E-state index contributed by atoms with van der Waals surface area (Å²) in [5.74, 6) is 0.728. The Hall–Kier alpha value is -2.61. The van der Waals surface area contributed by atoms with Crippen molar-refractivity contribution in [2.75, 3.05) is 39.9 Å². The van der Waals surface area contributed by atoms with E-state index in [1.165, 1.54) is 0 Å². The number of piperidine rings is 1. The van der Waals surface area contributed by atoms with Gasteiger partial charge in [-0.25, -0.2) is 0 Å². The molecule has 8 heteroatoms. The van der Waals surface area contributed by atoms with Gasteiger partial charge in [0.2, 0.25) is 11.8 Å². The van der Waals surface area contributed by atoms with Crippen molar-refractivity contribution >= 4 is 17.7 Å². The third kappa shape index (κ3) is 3.74. The average molecular weight is 442 g/mol. The second kappa shape index (κ2) is 8.39. The molecule has 4 aliphatic rings. The van der Waals surface area contributed by atoms with Crippen LogP contribution in [0.3, 0.4) is 0 Å². The van der Waals surface area contributed by atoms with Gasteiger partial charge in [0.15, 0.2) is 0 Å². The molecule has 3 saturated heterocycles. The van der Waals surface area contributed by atoms with Crippen LogP contribution < -0.4 is 4.74 Å². The molecule has 0 bridgehead atoms. The molecular weight excluding hydrogens is 410 g/mol. The molecule has 0 N–H and O–H groups in total. The van der Waals surface area contributed by atoms with E-state index >= 15 is 0 Å². The van der Waals surface area contributed by atoms with E-state index < -0.39 is 11.8 Å². The van der Waals surface area contributed by atoms with Crippen LogP contribution in [0.15, 0.2) is 24.3 Å². The van der Waals surface area contributed by atoms with Crippen molar-refractivity contribution in [2.24, 2.45) is 5.92 Å². The number of carbonyl (C=O) groups excluding carboxylic acids is 3. The number of hydrogen-bond acceptors (Lipinski definition) is 5. The highest BCUT2D eigenvalue weighted by Gasteiger charge is 2.55. The van der Waals surface area contributed by atoms with Gasteiger partial charge in [0.05, 0.1) is 13.7 Å². The van der Waals surface area contributed by atoms with Crippen LogP contribution in [0.5, 0.6) is 5.75 Å². The second-order valence-electron chi connectivity index (χ2n) is 9.31. The third-order valence-corrected chi connectivity index (χ3v) is 7.28. The molecule has 3 heterocycles. The van der Waals surface area contributed by atoms with Gasteiger partial charge in [-0.1, -0.05) is 6.07 Å². The van der Waals surface area contributed by atoms with Gasteiger partial charge < -0.3 is 19.3 Å².